The highest BCUT2D eigenvalue weighted by molar-refractivity contribution is 6.30. The molecule has 0 N–H and O–H groups in total. The molecule has 1 fully saturated rings. The molecule has 0 bridgehead atoms. The fraction of sp³-hybridized carbons (Fsp3) is 0.154. The van der Waals surface area contributed by atoms with Gasteiger partial charge in [0.15, 0.2) is 17.5 Å². The van der Waals surface area contributed by atoms with Gasteiger partial charge in [0.25, 0.3) is 5.91 Å². The van der Waals surface area contributed by atoms with Gasteiger partial charge in [-0.2, -0.15) is 0 Å². The number of carbonyl (C=O) groups excluding carboxylic acids is 1. The molecule has 0 saturated carbocycles. The van der Waals surface area contributed by atoms with Crippen molar-refractivity contribution in [3.8, 4) is 22.7 Å². The Balaban J connectivity index is 1.47. The summed E-state index contributed by atoms with van der Waals surface area (Å²) >= 11 is 6.09. The number of benzene rings is 3. The molecule has 184 valence electrons. The van der Waals surface area contributed by atoms with Gasteiger partial charge in [0.2, 0.25) is 11.7 Å². The lowest BCUT2D eigenvalue weighted by Crippen LogP contribution is -2.48. The molecule has 4 aromatic rings. The van der Waals surface area contributed by atoms with E-state index in [4.69, 9.17) is 16.0 Å². The maximum absolute atomic E-state index is 14.5. The van der Waals surface area contributed by atoms with Gasteiger partial charge < -0.3 is 14.2 Å². The Bertz CT molecular complexity index is 1430. The van der Waals surface area contributed by atoms with Crippen LogP contribution in [0, 0.1) is 23.3 Å². The van der Waals surface area contributed by atoms with E-state index in [2.05, 4.69) is 9.88 Å². The van der Waals surface area contributed by atoms with Gasteiger partial charge in [-0.25, -0.2) is 22.5 Å². The Labute approximate surface area is 208 Å². The van der Waals surface area contributed by atoms with Crippen molar-refractivity contribution in [3.63, 3.8) is 0 Å². The van der Waals surface area contributed by atoms with Crippen LogP contribution in [0.2, 0.25) is 5.02 Å². The number of piperazine rings is 1. The first-order valence-electron chi connectivity index (χ1n) is 11.0. The molecule has 2 heterocycles. The molecule has 0 spiro atoms. The molecule has 1 saturated heterocycles. The van der Waals surface area contributed by atoms with Gasteiger partial charge in [-0.15, -0.1) is 0 Å². The Morgan fingerprint density at radius 3 is 2.31 bits per heavy atom. The summed E-state index contributed by atoms with van der Waals surface area (Å²) in [6.45, 7) is 1.75. The molecule has 3 aromatic carbocycles. The van der Waals surface area contributed by atoms with Crippen LogP contribution in [0.1, 0.15) is 10.6 Å². The zero-order valence-corrected chi connectivity index (χ0v) is 19.4. The minimum Gasteiger partial charge on any atom is -0.430 e. The molecule has 36 heavy (non-hydrogen) atoms. The van der Waals surface area contributed by atoms with Crippen molar-refractivity contribution in [2.75, 3.05) is 31.1 Å². The van der Waals surface area contributed by atoms with E-state index in [1.54, 1.807) is 11.0 Å². The molecule has 0 unspecified atom stereocenters. The predicted molar refractivity (Wildman–Crippen MR) is 127 cm³/mol. The first-order valence-corrected chi connectivity index (χ1v) is 11.4. The normalized spacial score (nSPS) is 13.8. The molecule has 10 heteroatoms. The molecule has 1 amide bonds. The molecule has 0 radical (unpaired) electrons. The number of nitrogens with zero attached hydrogens (tertiary/aromatic N) is 3. The highest BCUT2D eigenvalue weighted by Crippen LogP contribution is 2.33. The molecule has 5 rings (SSSR count). The number of rotatable bonds is 4. The molecule has 1 aromatic heterocycles. The minimum absolute atomic E-state index is 0.0383. The van der Waals surface area contributed by atoms with E-state index in [9.17, 15) is 22.4 Å². The summed E-state index contributed by atoms with van der Waals surface area (Å²) in [7, 11) is 0. The van der Waals surface area contributed by atoms with Crippen molar-refractivity contribution in [2.24, 2.45) is 0 Å². The zero-order chi connectivity index (χ0) is 25.4. The second-order valence-corrected chi connectivity index (χ2v) is 8.62. The van der Waals surface area contributed by atoms with Crippen LogP contribution in [0.5, 0.6) is 0 Å². The fourth-order valence-electron chi connectivity index (χ4n) is 4.06. The molecular formula is C26H18ClF4N3O2. The van der Waals surface area contributed by atoms with Crippen molar-refractivity contribution < 1.29 is 26.8 Å². The number of carbonyl (C=O) groups is 1. The lowest BCUT2D eigenvalue weighted by Gasteiger charge is -2.35. The van der Waals surface area contributed by atoms with E-state index in [1.807, 2.05) is 18.2 Å². The number of hydrogen-bond donors (Lipinski definition) is 0. The number of oxazole rings is 1. The first kappa shape index (κ1) is 23.9. The number of amides is 1. The van der Waals surface area contributed by atoms with Crippen LogP contribution >= 0.6 is 11.6 Å². The predicted octanol–water partition coefficient (Wildman–Crippen LogP) is 6.18. The average molecular weight is 516 g/mol. The summed E-state index contributed by atoms with van der Waals surface area (Å²) in [6.07, 6.45) is 0. The van der Waals surface area contributed by atoms with E-state index in [0.717, 1.165) is 17.8 Å². The van der Waals surface area contributed by atoms with Gasteiger partial charge in [0.1, 0.15) is 11.5 Å². The topological polar surface area (TPSA) is 49.6 Å². The van der Waals surface area contributed by atoms with Crippen LogP contribution in [0.25, 0.3) is 22.7 Å². The van der Waals surface area contributed by atoms with Crippen LogP contribution in [0.4, 0.5) is 23.2 Å². The quantitative estimate of drug-likeness (QED) is 0.240. The Hall–Kier alpha value is -3.85. The van der Waals surface area contributed by atoms with Crippen LogP contribution in [-0.2, 0) is 0 Å². The zero-order valence-electron chi connectivity index (χ0n) is 18.6. The number of halogens is 5. The molecule has 1 aliphatic heterocycles. The van der Waals surface area contributed by atoms with Gasteiger partial charge >= 0.3 is 0 Å². The van der Waals surface area contributed by atoms with Crippen molar-refractivity contribution in [2.45, 2.75) is 0 Å². The lowest BCUT2D eigenvalue weighted by molar-refractivity contribution is 0.0716. The summed E-state index contributed by atoms with van der Waals surface area (Å²) < 4.78 is 60.9. The van der Waals surface area contributed by atoms with Gasteiger partial charge in [-0.05, 0) is 54.6 Å². The summed E-state index contributed by atoms with van der Waals surface area (Å²) in [5.74, 6) is -6.16. The van der Waals surface area contributed by atoms with Crippen LogP contribution in [0.3, 0.4) is 0 Å². The van der Waals surface area contributed by atoms with E-state index >= 15 is 0 Å². The third-order valence-corrected chi connectivity index (χ3v) is 6.18. The average Bonchev–Trinajstić information content (AvgIpc) is 3.32. The minimum atomic E-state index is -1.68. The van der Waals surface area contributed by atoms with Gasteiger partial charge in [-0.3, -0.25) is 4.79 Å². The van der Waals surface area contributed by atoms with Crippen molar-refractivity contribution >= 4 is 23.2 Å². The lowest BCUT2D eigenvalue weighted by atomic mass is 10.1. The Kier molecular flexibility index (Phi) is 6.40. The SMILES string of the molecule is O=C(c1oc(-c2ccc(F)c(F)c2F)nc1-c1ccc(F)cc1)N1CCN(c2cccc(Cl)c2)CC1. The van der Waals surface area contributed by atoms with E-state index < -0.39 is 40.6 Å². The fourth-order valence-corrected chi connectivity index (χ4v) is 4.24. The maximum Gasteiger partial charge on any atom is 0.292 e. The van der Waals surface area contributed by atoms with Crippen molar-refractivity contribution in [3.05, 3.63) is 94.7 Å². The smallest absolute Gasteiger partial charge is 0.292 e. The standard InChI is InChI=1S/C26H18ClF4N3O2/c27-16-2-1-3-18(14-16)33-10-12-34(13-11-33)26(35)24-23(15-4-6-17(28)7-5-15)32-25(36-24)19-8-9-20(29)22(31)21(19)30/h1-9,14H,10-13H2. The Morgan fingerprint density at radius 1 is 0.889 bits per heavy atom. The summed E-state index contributed by atoms with van der Waals surface area (Å²) in [6, 6.07) is 14.3. The van der Waals surface area contributed by atoms with Gasteiger partial charge in [0.05, 0.1) is 5.56 Å². The maximum atomic E-state index is 14.5. The first-order chi connectivity index (χ1) is 17.3. The van der Waals surface area contributed by atoms with Crippen LogP contribution < -0.4 is 4.90 Å². The monoisotopic (exact) mass is 515 g/mol. The van der Waals surface area contributed by atoms with Crippen LogP contribution in [0.15, 0.2) is 65.1 Å². The van der Waals surface area contributed by atoms with Crippen molar-refractivity contribution in [1.29, 1.82) is 0 Å². The van der Waals surface area contributed by atoms with Gasteiger partial charge in [-0.1, -0.05) is 17.7 Å². The largest absolute Gasteiger partial charge is 0.430 e. The van der Waals surface area contributed by atoms with E-state index in [-0.39, 0.29) is 11.5 Å². The molecular weight excluding hydrogens is 498 g/mol. The summed E-state index contributed by atoms with van der Waals surface area (Å²) in [5.41, 5.74) is 0.867. The second-order valence-electron chi connectivity index (χ2n) is 8.19. The Morgan fingerprint density at radius 2 is 1.61 bits per heavy atom. The molecule has 5 nitrogen and oxygen atoms in total. The number of anilines is 1. The molecule has 1 aliphatic rings. The summed E-state index contributed by atoms with van der Waals surface area (Å²) in [4.78, 5) is 21.3. The highest BCUT2D eigenvalue weighted by Gasteiger charge is 2.30. The van der Waals surface area contributed by atoms with Crippen molar-refractivity contribution in [1.82, 2.24) is 9.88 Å². The van der Waals surface area contributed by atoms with Gasteiger partial charge in [0, 0.05) is 42.5 Å². The third-order valence-electron chi connectivity index (χ3n) is 5.94. The summed E-state index contributed by atoms with van der Waals surface area (Å²) in [5, 5.41) is 0.605. The highest BCUT2D eigenvalue weighted by atomic mass is 35.5. The molecule has 0 aliphatic carbocycles. The number of aromatic nitrogens is 1. The number of hydrogen-bond acceptors (Lipinski definition) is 4. The van der Waals surface area contributed by atoms with E-state index in [1.165, 1.54) is 24.3 Å². The second kappa shape index (κ2) is 9.66. The van der Waals surface area contributed by atoms with Crippen LogP contribution in [-0.4, -0.2) is 42.0 Å². The molecule has 0 atom stereocenters. The van der Waals surface area contributed by atoms with E-state index in [0.29, 0.717) is 36.8 Å². The third kappa shape index (κ3) is 4.54.